The van der Waals surface area contributed by atoms with Crippen molar-refractivity contribution in [3.05, 3.63) is 76.3 Å². The molecular formula is C24H28ClN5O4S. The summed E-state index contributed by atoms with van der Waals surface area (Å²) in [7, 11) is 1.67. The number of nitrogens with one attached hydrogen (secondary N) is 1. The van der Waals surface area contributed by atoms with E-state index in [-0.39, 0.29) is 11.7 Å². The van der Waals surface area contributed by atoms with Crippen molar-refractivity contribution in [2.45, 2.75) is 33.7 Å². The van der Waals surface area contributed by atoms with Gasteiger partial charge < -0.3 is 9.88 Å². The van der Waals surface area contributed by atoms with E-state index in [1.807, 2.05) is 19.9 Å². The summed E-state index contributed by atoms with van der Waals surface area (Å²) in [6.45, 7) is 6.50. The Morgan fingerprint density at radius 1 is 1.14 bits per heavy atom. The van der Waals surface area contributed by atoms with Crippen molar-refractivity contribution >= 4 is 46.2 Å². The molecule has 0 saturated carbocycles. The monoisotopic (exact) mass is 517 g/mol. The van der Waals surface area contributed by atoms with Crippen LogP contribution in [0.4, 0.5) is 16.2 Å². The summed E-state index contributed by atoms with van der Waals surface area (Å²) < 4.78 is 24.2. The Morgan fingerprint density at radius 3 is 2.40 bits per heavy atom. The number of carbonyl (C=O) groups excluding carboxylic acids is 2. The van der Waals surface area contributed by atoms with Gasteiger partial charge in [0.1, 0.15) is 11.5 Å². The zero-order valence-electron chi connectivity index (χ0n) is 20.0. The van der Waals surface area contributed by atoms with Crippen molar-refractivity contribution in [1.29, 1.82) is 0 Å². The molecule has 9 nitrogen and oxygen atoms in total. The van der Waals surface area contributed by atoms with E-state index < -0.39 is 17.2 Å². The Morgan fingerprint density at radius 2 is 1.80 bits per heavy atom. The summed E-state index contributed by atoms with van der Waals surface area (Å²) in [4.78, 5) is 31.0. The zero-order chi connectivity index (χ0) is 25.7. The first-order chi connectivity index (χ1) is 16.6. The number of rotatable bonds is 8. The molecule has 186 valence electrons. The van der Waals surface area contributed by atoms with Crippen LogP contribution in [0.15, 0.2) is 48.7 Å². The molecule has 0 fully saturated rings. The van der Waals surface area contributed by atoms with Gasteiger partial charge in [-0.2, -0.15) is 0 Å². The standard InChI is InChI=1S/C24H28ClN5O4S/c1-5-12-26-24(32)28(4)20-11-8-18(21(25)13-20)14-29-15-22(27-17(29)3)23(31)30(35(33)34)19-9-6-16(2)7-10-19/h6-11,13,15H,5,12,14H2,1-4H3,(H,26,32)(H,33,34). The first-order valence-corrected chi connectivity index (χ1v) is 12.4. The molecule has 35 heavy (non-hydrogen) atoms. The molecule has 0 aliphatic rings. The minimum absolute atomic E-state index is 0.0329. The van der Waals surface area contributed by atoms with Gasteiger partial charge in [0.25, 0.3) is 17.2 Å². The highest BCUT2D eigenvalue weighted by molar-refractivity contribution is 7.81. The van der Waals surface area contributed by atoms with E-state index in [0.717, 1.165) is 21.9 Å². The van der Waals surface area contributed by atoms with Crippen LogP contribution in [0.5, 0.6) is 0 Å². The lowest BCUT2D eigenvalue weighted by atomic mass is 10.2. The molecule has 2 N–H and O–H groups in total. The normalized spacial score (nSPS) is 11.7. The summed E-state index contributed by atoms with van der Waals surface area (Å²) >= 11 is 3.93. The number of amides is 3. The van der Waals surface area contributed by atoms with Gasteiger partial charge in [-0.1, -0.05) is 42.3 Å². The second kappa shape index (κ2) is 11.5. The average molecular weight is 518 g/mol. The Bertz CT molecular complexity index is 1250. The Balaban J connectivity index is 1.80. The predicted molar refractivity (Wildman–Crippen MR) is 138 cm³/mol. The maximum absolute atomic E-state index is 13.0. The molecule has 11 heteroatoms. The van der Waals surface area contributed by atoms with E-state index >= 15 is 0 Å². The Labute approximate surface area is 212 Å². The molecule has 1 unspecified atom stereocenters. The second-order valence-electron chi connectivity index (χ2n) is 8.03. The molecule has 0 spiro atoms. The van der Waals surface area contributed by atoms with Crippen molar-refractivity contribution in [3.63, 3.8) is 0 Å². The molecule has 0 aliphatic carbocycles. The van der Waals surface area contributed by atoms with Gasteiger partial charge in [-0.15, -0.1) is 0 Å². The summed E-state index contributed by atoms with van der Waals surface area (Å²) in [5.41, 5.74) is 2.69. The van der Waals surface area contributed by atoms with Gasteiger partial charge in [0.15, 0.2) is 0 Å². The average Bonchev–Trinajstić information content (AvgIpc) is 3.19. The van der Waals surface area contributed by atoms with Crippen LogP contribution >= 0.6 is 11.6 Å². The third-order valence-corrected chi connectivity index (χ3v) is 6.44. The van der Waals surface area contributed by atoms with Gasteiger partial charge >= 0.3 is 6.03 Å². The van der Waals surface area contributed by atoms with Gasteiger partial charge in [-0.3, -0.25) is 14.2 Å². The largest absolute Gasteiger partial charge is 0.338 e. The zero-order valence-corrected chi connectivity index (χ0v) is 21.6. The van der Waals surface area contributed by atoms with E-state index in [4.69, 9.17) is 11.6 Å². The van der Waals surface area contributed by atoms with Crippen molar-refractivity contribution in [1.82, 2.24) is 14.9 Å². The van der Waals surface area contributed by atoms with Gasteiger partial charge in [0, 0.05) is 30.5 Å². The molecule has 3 aromatic rings. The van der Waals surface area contributed by atoms with Crippen molar-refractivity contribution in [2.75, 3.05) is 22.8 Å². The molecule has 1 aromatic heterocycles. The maximum Gasteiger partial charge on any atom is 0.321 e. The van der Waals surface area contributed by atoms with Gasteiger partial charge in [0.2, 0.25) is 0 Å². The van der Waals surface area contributed by atoms with Crippen LogP contribution in [0.3, 0.4) is 0 Å². The van der Waals surface area contributed by atoms with E-state index in [9.17, 15) is 18.4 Å². The van der Waals surface area contributed by atoms with E-state index in [2.05, 4.69) is 10.3 Å². The first kappa shape index (κ1) is 26.4. The molecule has 0 aliphatic heterocycles. The number of aryl methyl sites for hydroxylation is 2. The SMILES string of the molecule is CCCNC(=O)N(C)c1ccc(Cn2cc(C(=O)N(c3ccc(C)cc3)S(=O)O)nc2C)c(Cl)c1. The number of hydrogen-bond donors (Lipinski definition) is 2. The molecule has 1 heterocycles. The van der Waals surface area contributed by atoms with Crippen LogP contribution in [0.1, 0.15) is 40.8 Å². The minimum atomic E-state index is -2.57. The predicted octanol–water partition coefficient (Wildman–Crippen LogP) is 4.54. The third-order valence-electron chi connectivity index (χ3n) is 5.40. The number of benzene rings is 2. The maximum atomic E-state index is 13.0. The topological polar surface area (TPSA) is 108 Å². The molecule has 2 aromatic carbocycles. The van der Waals surface area contributed by atoms with Crippen LogP contribution in [0, 0.1) is 13.8 Å². The van der Waals surface area contributed by atoms with Crippen molar-refractivity contribution < 1.29 is 18.4 Å². The number of urea groups is 1. The first-order valence-electron chi connectivity index (χ1n) is 11.0. The van der Waals surface area contributed by atoms with E-state index in [1.165, 1.54) is 11.1 Å². The highest BCUT2D eigenvalue weighted by atomic mass is 35.5. The summed E-state index contributed by atoms with van der Waals surface area (Å²) in [6.07, 6.45) is 2.37. The number of anilines is 2. The summed E-state index contributed by atoms with van der Waals surface area (Å²) in [5.74, 6) is -0.158. The van der Waals surface area contributed by atoms with Gasteiger partial charge in [-0.25, -0.2) is 18.3 Å². The number of aromatic nitrogens is 2. The van der Waals surface area contributed by atoms with Crippen LogP contribution in [0.2, 0.25) is 5.02 Å². The second-order valence-corrected chi connectivity index (χ2v) is 9.27. The number of nitrogens with zero attached hydrogens (tertiary/aromatic N) is 4. The molecular weight excluding hydrogens is 490 g/mol. The summed E-state index contributed by atoms with van der Waals surface area (Å²) in [5, 5.41) is 3.27. The number of carbonyl (C=O) groups is 2. The number of hydrogen-bond acceptors (Lipinski definition) is 4. The minimum Gasteiger partial charge on any atom is -0.338 e. The van der Waals surface area contributed by atoms with Crippen LogP contribution < -0.4 is 14.5 Å². The quantitative estimate of drug-likeness (QED) is 0.426. The number of imidazole rings is 1. The smallest absolute Gasteiger partial charge is 0.321 e. The fourth-order valence-electron chi connectivity index (χ4n) is 3.36. The van der Waals surface area contributed by atoms with Crippen LogP contribution in [-0.2, 0) is 17.8 Å². The fourth-order valence-corrected chi connectivity index (χ4v) is 4.13. The highest BCUT2D eigenvalue weighted by Gasteiger charge is 2.26. The highest BCUT2D eigenvalue weighted by Crippen LogP contribution is 2.25. The Kier molecular flexibility index (Phi) is 8.66. The van der Waals surface area contributed by atoms with Crippen LogP contribution in [0.25, 0.3) is 0 Å². The van der Waals surface area contributed by atoms with Crippen molar-refractivity contribution in [2.24, 2.45) is 0 Å². The molecule has 1 atom stereocenters. The molecule has 0 radical (unpaired) electrons. The molecule has 0 bridgehead atoms. The molecule has 3 amide bonds. The van der Waals surface area contributed by atoms with Crippen LogP contribution in [-0.4, -0.2) is 43.8 Å². The fraction of sp³-hybridized carbons (Fsp3) is 0.292. The van der Waals surface area contributed by atoms with Gasteiger partial charge in [-0.05, 0) is 50.1 Å². The molecule has 3 rings (SSSR count). The Hall–Kier alpha value is -3.21. The molecule has 0 saturated heterocycles. The van der Waals surface area contributed by atoms with E-state index in [0.29, 0.717) is 35.3 Å². The lowest BCUT2D eigenvalue weighted by Crippen LogP contribution is -2.37. The third kappa shape index (κ3) is 6.27. The van der Waals surface area contributed by atoms with Gasteiger partial charge in [0.05, 0.1) is 12.2 Å². The lowest BCUT2D eigenvalue weighted by Gasteiger charge is -2.19. The lowest BCUT2D eigenvalue weighted by molar-refractivity contribution is 0.100. The van der Waals surface area contributed by atoms with Crippen molar-refractivity contribution in [3.8, 4) is 0 Å². The number of halogens is 1. The van der Waals surface area contributed by atoms with E-state index in [1.54, 1.807) is 54.9 Å². The summed E-state index contributed by atoms with van der Waals surface area (Å²) in [6, 6.07) is 11.8.